The van der Waals surface area contributed by atoms with Gasteiger partial charge in [-0.15, -0.1) is 0 Å². The Labute approximate surface area is 221 Å². The minimum Gasteiger partial charge on any atom is -0.493 e. The second-order valence-electron chi connectivity index (χ2n) is 6.24. The van der Waals surface area contributed by atoms with E-state index in [1.165, 1.54) is 23.8 Å². The van der Waals surface area contributed by atoms with Crippen LogP contribution in [-0.2, 0) is 14.3 Å². The van der Waals surface area contributed by atoms with Crippen molar-refractivity contribution < 1.29 is 23.8 Å². The third-order valence-corrected chi connectivity index (χ3v) is 7.48. The van der Waals surface area contributed by atoms with Crippen molar-refractivity contribution in [3.63, 3.8) is 0 Å². The van der Waals surface area contributed by atoms with Crippen molar-refractivity contribution in [1.82, 2.24) is 0 Å². The molecule has 6 nitrogen and oxygen atoms in total. The van der Waals surface area contributed by atoms with Crippen molar-refractivity contribution in [1.29, 1.82) is 0 Å². The molecule has 2 aromatic rings. The number of thioether (sulfide) groups is 1. The predicted octanol–water partition coefficient (Wildman–Crippen LogP) is 6.06. The molecule has 0 aliphatic carbocycles. The van der Waals surface area contributed by atoms with Gasteiger partial charge in [-0.25, -0.2) is 4.79 Å². The summed E-state index contributed by atoms with van der Waals surface area (Å²) < 4.78 is 17.8. The van der Waals surface area contributed by atoms with Crippen LogP contribution in [0.25, 0.3) is 6.08 Å². The van der Waals surface area contributed by atoms with E-state index in [-0.39, 0.29) is 19.1 Å². The van der Waals surface area contributed by atoms with E-state index in [9.17, 15) is 9.59 Å². The molecular formula is C21H16BrClINO5S2. The molecular weight excluding hydrogens is 653 g/mol. The largest absolute Gasteiger partial charge is 0.493 e. The van der Waals surface area contributed by atoms with Crippen LogP contribution in [0.4, 0.5) is 5.69 Å². The number of amides is 1. The number of benzene rings is 2. The molecule has 0 saturated carbocycles. The van der Waals surface area contributed by atoms with Crippen LogP contribution >= 0.6 is 74.1 Å². The summed E-state index contributed by atoms with van der Waals surface area (Å²) in [5.41, 5.74) is 1.32. The number of thiocarbonyl (C=S) groups is 1. The van der Waals surface area contributed by atoms with Crippen LogP contribution in [0.1, 0.15) is 12.5 Å². The highest BCUT2D eigenvalue weighted by Crippen LogP contribution is 2.40. The van der Waals surface area contributed by atoms with Gasteiger partial charge in [0.25, 0.3) is 5.91 Å². The molecule has 1 fully saturated rings. The summed E-state index contributed by atoms with van der Waals surface area (Å²) >= 11 is 18.2. The summed E-state index contributed by atoms with van der Waals surface area (Å²) in [5, 5.41) is 0.484. The number of esters is 1. The molecule has 0 unspecified atom stereocenters. The van der Waals surface area contributed by atoms with E-state index in [4.69, 9.17) is 38.0 Å². The Kier molecular flexibility index (Phi) is 8.84. The molecule has 32 heavy (non-hydrogen) atoms. The molecule has 168 valence electrons. The SMILES string of the molecule is CCOC(=O)COc1c(I)cc(/C=C2/SC(=S)N(c3ccc(Br)c(Cl)c3)C2=O)cc1OC. The van der Waals surface area contributed by atoms with Gasteiger partial charge in [0.15, 0.2) is 22.4 Å². The molecule has 0 spiro atoms. The zero-order chi connectivity index (χ0) is 23.4. The average Bonchev–Trinajstić information content (AvgIpc) is 3.02. The Morgan fingerprint density at radius 1 is 1.34 bits per heavy atom. The number of nitrogens with zero attached hydrogens (tertiary/aromatic N) is 1. The van der Waals surface area contributed by atoms with E-state index in [2.05, 4.69) is 38.5 Å². The first-order valence-corrected chi connectivity index (χ1v) is 12.6. The Morgan fingerprint density at radius 3 is 2.75 bits per heavy atom. The maximum atomic E-state index is 13.0. The van der Waals surface area contributed by atoms with Gasteiger partial charge in [0, 0.05) is 4.47 Å². The van der Waals surface area contributed by atoms with Crippen LogP contribution in [0.5, 0.6) is 11.5 Å². The minimum atomic E-state index is -0.467. The summed E-state index contributed by atoms with van der Waals surface area (Å²) in [6.07, 6.45) is 1.74. The molecule has 1 aliphatic heterocycles. The molecule has 11 heteroatoms. The third-order valence-electron chi connectivity index (χ3n) is 4.14. The van der Waals surface area contributed by atoms with Gasteiger partial charge in [0.1, 0.15) is 0 Å². The number of rotatable bonds is 7. The van der Waals surface area contributed by atoms with Gasteiger partial charge in [-0.2, -0.15) is 0 Å². The maximum Gasteiger partial charge on any atom is 0.344 e. The first kappa shape index (κ1) is 25.3. The van der Waals surface area contributed by atoms with Crippen molar-refractivity contribution in [2.75, 3.05) is 25.2 Å². The van der Waals surface area contributed by atoms with Gasteiger partial charge in [0.05, 0.1) is 32.9 Å². The van der Waals surface area contributed by atoms with Gasteiger partial charge < -0.3 is 14.2 Å². The van der Waals surface area contributed by atoms with Gasteiger partial charge in [-0.05, 0) is 87.4 Å². The monoisotopic (exact) mass is 667 g/mol. The first-order chi connectivity index (χ1) is 15.2. The molecule has 1 aliphatic rings. The van der Waals surface area contributed by atoms with Crippen molar-refractivity contribution >= 4 is 102 Å². The van der Waals surface area contributed by atoms with E-state index < -0.39 is 5.97 Å². The molecule has 0 bridgehead atoms. The highest BCUT2D eigenvalue weighted by molar-refractivity contribution is 14.1. The van der Waals surface area contributed by atoms with Crippen LogP contribution in [0.3, 0.4) is 0 Å². The Balaban J connectivity index is 1.87. The molecule has 0 radical (unpaired) electrons. The van der Waals surface area contributed by atoms with E-state index in [1.54, 1.807) is 37.3 Å². The number of carbonyl (C=O) groups is 2. The van der Waals surface area contributed by atoms with E-state index in [0.29, 0.717) is 35.0 Å². The molecule has 3 rings (SSSR count). The molecule has 1 amide bonds. The van der Waals surface area contributed by atoms with Crippen LogP contribution < -0.4 is 14.4 Å². The minimum absolute atomic E-state index is 0.228. The smallest absolute Gasteiger partial charge is 0.344 e. The van der Waals surface area contributed by atoms with Gasteiger partial charge in [0.2, 0.25) is 0 Å². The fraction of sp³-hybridized carbons (Fsp3) is 0.190. The van der Waals surface area contributed by atoms with Gasteiger partial charge in [-0.1, -0.05) is 35.6 Å². The fourth-order valence-corrected chi connectivity index (χ4v) is 5.26. The summed E-state index contributed by atoms with van der Waals surface area (Å²) in [6.45, 7) is 1.78. The second kappa shape index (κ2) is 11.2. The van der Waals surface area contributed by atoms with Gasteiger partial charge >= 0.3 is 5.97 Å². The number of methoxy groups -OCH3 is 1. The predicted molar refractivity (Wildman–Crippen MR) is 143 cm³/mol. The van der Waals surface area contributed by atoms with E-state index >= 15 is 0 Å². The number of hydrogen-bond acceptors (Lipinski definition) is 7. The van der Waals surface area contributed by atoms with Crippen LogP contribution in [-0.4, -0.2) is 36.5 Å². The molecule has 2 aromatic carbocycles. The summed E-state index contributed by atoms with van der Waals surface area (Å²) in [5.74, 6) is 0.152. The van der Waals surface area contributed by atoms with Crippen molar-refractivity contribution in [2.24, 2.45) is 0 Å². The Morgan fingerprint density at radius 2 is 2.09 bits per heavy atom. The summed E-state index contributed by atoms with van der Waals surface area (Å²) in [7, 11) is 1.50. The number of halogens is 3. The number of carbonyl (C=O) groups excluding carboxylic acids is 2. The van der Waals surface area contributed by atoms with E-state index in [1.807, 2.05) is 6.07 Å². The number of ether oxygens (including phenoxy) is 3. The quantitative estimate of drug-likeness (QED) is 0.154. The first-order valence-electron chi connectivity index (χ1n) is 9.14. The molecule has 0 aromatic heterocycles. The highest BCUT2D eigenvalue weighted by atomic mass is 127. The summed E-state index contributed by atoms with van der Waals surface area (Å²) in [6, 6.07) is 8.77. The van der Waals surface area contributed by atoms with Crippen LogP contribution in [0.2, 0.25) is 5.02 Å². The van der Waals surface area contributed by atoms with E-state index in [0.717, 1.165) is 10.0 Å². The lowest BCUT2D eigenvalue weighted by Gasteiger charge is -2.15. The lowest BCUT2D eigenvalue weighted by molar-refractivity contribution is -0.145. The molecule has 0 atom stereocenters. The van der Waals surface area contributed by atoms with Crippen molar-refractivity contribution in [2.45, 2.75) is 6.92 Å². The highest BCUT2D eigenvalue weighted by Gasteiger charge is 2.33. The van der Waals surface area contributed by atoms with Crippen molar-refractivity contribution in [3.8, 4) is 11.5 Å². The lowest BCUT2D eigenvalue weighted by atomic mass is 10.1. The van der Waals surface area contributed by atoms with Crippen molar-refractivity contribution in [3.05, 3.63) is 53.9 Å². The zero-order valence-corrected chi connectivity index (χ0v) is 22.9. The second-order valence-corrected chi connectivity index (χ2v) is 10.3. The maximum absolute atomic E-state index is 13.0. The lowest BCUT2D eigenvalue weighted by Crippen LogP contribution is -2.27. The third kappa shape index (κ3) is 5.77. The summed E-state index contributed by atoms with van der Waals surface area (Å²) in [4.78, 5) is 26.6. The van der Waals surface area contributed by atoms with Gasteiger partial charge in [-0.3, -0.25) is 9.69 Å². The Bertz CT molecular complexity index is 1130. The number of anilines is 1. The Hall–Kier alpha value is -1.34. The molecule has 1 heterocycles. The zero-order valence-electron chi connectivity index (χ0n) is 16.8. The fourth-order valence-electron chi connectivity index (χ4n) is 2.76. The van der Waals surface area contributed by atoms with Crippen LogP contribution in [0, 0.1) is 3.57 Å². The average molecular weight is 669 g/mol. The normalized spacial score (nSPS) is 14.8. The number of hydrogen-bond donors (Lipinski definition) is 0. The standard InChI is InChI=1S/C21H16BrClINO5S2/c1-3-29-18(26)10-30-19-15(24)6-11(7-16(19)28-2)8-17-20(27)25(21(31)32-17)12-4-5-13(22)14(23)9-12/h4-9H,3,10H2,1-2H3/b17-8+. The molecule has 0 N–H and O–H groups in total. The molecule has 1 saturated heterocycles. The van der Waals surface area contributed by atoms with Crippen LogP contribution in [0.15, 0.2) is 39.7 Å². The topological polar surface area (TPSA) is 65.1 Å².